The lowest BCUT2D eigenvalue weighted by molar-refractivity contribution is -0.143. The van der Waals surface area contributed by atoms with Crippen LogP contribution >= 0.6 is 0 Å². The number of hydrogen-bond acceptors (Lipinski definition) is 3. The minimum absolute atomic E-state index is 0.377. The zero-order valence-corrected chi connectivity index (χ0v) is 5.58. The lowest BCUT2D eigenvalue weighted by atomic mass is 9.98. The van der Waals surface area contributed by atoms with Gasteiger partial charge in [0.25, 0.3) is 0 Å². The van der Waals surface area contributed by atoms with Gasteiger partial charge in [-0.1, -0.05) is 0 Å². The number of rotatable bonds is 1. The summed E-state index contributed by atoms with van der Waals surface area (Å²) in [5.74, 6) is -1.24. The lowest BCUT2D eigenvalue weighted by Crippen LogP contribution is -2.42. The molecule has 1 aliphatic heterocycles. The Morgan fingerprint density at radius 2 is 2.20 bits per heavy atom. The van der Waals surface area contributed by atoms with E-state index in [4.69, 9.17) is 10.2 Å². The minimum Gasteiger partial charge on any atom is -0.481 e. The van der Waals surface area contributed by atoms with Crippen molar-refractivity contribution in [2.45, 2.75) is 12.5 Å². The summed E-state index contributed by atoms with van der Waals surface area (Å²) in [6.45, 7) is 0.996. The maximum absolute atomic E-state index is 10.3. The second-order valence-corrected chi connectivity index (χ2v) is 2.58. The molecule has 1 aliphatic rings. The molecule has 1 fully saturated rings. The van der Waals surface area contributed by atoms with Gasteiger partial charge in [0.15, 0.2) is 0 Å². The zero-order chi connectivity index (χ0) is 7.56. The predicted octanol–water partition coefficient (Wildman–Crippen LogP) is -0.959. The molecule has 0 aromatic rings. The van der Waals surface area contributed by atoms with Gasteiger partial charge in [0.05, 0.1) is 12.0 Å². The Bertz CT molecular complexity index is 137. The van der Waals surface area contributed by atoms with E-state index in [9.17, 15) is 4.79 Å². The van der Waals surface area contributed by atoms with Crippen molar-refractivity contribution in [2.24, 2.45) is 5.92 Å². The Balaban J connectivity index is 2.39. The number of aliphatic hydroxyl groups is 1. The van der Waals surface area contributed by atoms with Crippen LogP contribution in [0.1, 0.15) is 6.42 Å². The fourth-order valence-electron chi connectivity index (χ4n) is 1.11. The van der Waals surface area contributed by atoms with E-state index in [-0.39, 0.29) is 0 Å². The molecule has 0 bridgehead atoms. The maximum Gasteiger partial charge on any atom is 0.307 e. The van der Waals surface area contributed by atoms with Gasteiger partial charge >= 0.3 is 5.97 Å². The molecular formula is C6H11NO3. The molecule has 3 N–H and O–H groups in total. The van der Waals surface area contributed by atoms with Crippen LogP contribution in [0.2, 0.25) is 0 Å². The second-order valence-electron chi connectivity index (χ2n) is 2.58. The Morgan fingerprint density at radius 3 is 2.60 bits per heavy atom. The molecule has 1 rings (SSSR count). The number of aliphatic carboxylic acids is 1. The van der Waals surface area contributed by atoms with Gasteiger partial charge in [0.1, 0.15) is 0 Å². The summed E-state index contributed by atoms with van der Waals surface area (Å²) in [5.41, 5.74) is 0. The fraction of sp³-hybridized carbons (Fsp3) is 0.833. The van der Waals surface area contributed by atoms with E-state index in [0.29, 0.717) is 19.5 Å². The highest BCUT2D eigenvalue weighted by Crippen LogP contribution is 2.09. The lowest BCUT2D eigenvalue weighted by Gasteiger charge is -2.23. The van der Waals surface area contributed by atoms with E-state index in [1.165, 1.54) is 0 Å². The average Bonchev–Trinajstić information content (AvgIpc) is 1.88. The Hall–Kier alpha value is -0.610. The zero-order valence-electron chi connectivity index (χ0n) is 5.58. The van der Waals surface area contributed by atoms with Gasteiger partial charge in [0.2, 0.25) is 0 Å². The van der Waals surface area contributed by atoms with Crippen molar-refractivity contribution < 1.29 is 15.0 Å². The first kappa shape index (κ1) is 7.50. The molecule has 10 heavy (non-hydrogen) atoms. The summed E-state index contributed by atoms with van der Waals surface area (Å²) < 4.78 is 0. The summed E-state index contributed by atoms with van der Waals surface area (Å²) in [6, 6.07) is 0. The van der Waals surface area contributed by atoms with Gasteiger partial charge in [-0.25, -0.2) is 0 Å². The van der Waals surface area contributed by atoms with Crippen molar-refractivity contribution in [1.29, 1.82) is 0 Å². The van der Waals surface area contributed by atoms with E-state index in [1.807, 2.05) is 0 Å². The SMILES string of the molecule is O=C(O)C1CNC[C@H](O)C1. The van der Waals surface area contributed by atoms with Crippen LogP contribution < -0.4 is 5.32 Å². The topological polar surface area (TPSA) is 69.6 Å². The third-order valence-corrected chi connectivity index (χ3v) is 1.68. The van der Waals surface area contributed by atoms with Crippen LogP contribution in [-0.2, 0) is 4.79 Å². The minimum atomic E-state index is -0.828. The van der Waals surface area contributed by atoms with Crippen molar-refractivity contribution >= 4 is 5.97 Å². The van der Waals surface area contributed by atoms with Crippen LogP contribution in [0.5, 0.6) is 0 Å². The van der Waals surface area contributed by atoms with Crippen molar-refractivity contribution in [1.82, 2.24) is 5.32 Å². The molecule has 0 aliphatic carbocycles. The Kier molecular flexibility index (Phi) is 2.24. The number of carboxylic acid groups (broad SMARTS) is 1. The first-order valence-corrected chi connectivity index (χ1v) is 3.31. The molecule has 4 nitrogen and oxygen atoms in total. The van der Waals surface area contributed by atoms with Gasteiger partial charge in [-0.15, -0.1) is 0 Å². The van der Waals surface area contributed by atoms with E-state index >= 15 is 0 Å². The van der Waals surface area contributed by atoms with Gasteiger partial charge in [-0.3, -0.25) is 4.79 Å². The number of β-amino-alcohol motifs (C(OH)–C–C–N with tert-alkyl or cyclic N) is 1. The molecule has 0 spiro atoms. The van der Waals surface area contributed by atoms with E-state index in [2.05, 4.69) is 5.32 Å². The van der Waals surface area contributed by atoms with Crippen molar-refractivity contribution in [2.75, 3.05) is 13.1 Å². The first-order valence-electron chi connectivity index (χ1n) is 3.31. The molecule has 1 saturated heterocycles. The largest absolute Gasteiger partial charge is 0.481 e. The van der Waals surface area contributed by atoms with Gasteiger partial charge in [-0.2, -0.15) is 0 Å². The second kappa shape index (κ2) is 2.98. The average molecular weight is 145 g/mol. The molecule has 58 valence electrons. The fourth-order valence-corrected chi connectivity index (χ4v) is 1.11. The number of carbonyl (C=O) groups is 1. The van der Waals surface area contributed by atoms with Crippen LogP contribution in [-0.4, -0.2) is 35.4 Å². The molecular weight excluding hydrogens is 134 g/mol. The molecule has 0 radical (unpaired) electrons. The third-order valence-electron chi connectivity index (χ3n) is 1.68. The normalized spacial score (nSPS) is 33.7. The highest BCUT2D eigenvalue weighted by Gasteiger charge is 2.24. The van der Waals surface area contributed by atoms with Crippen molar-refractivity contribution in [3.8, 4) is 0 Å². The number of nitrogens with one attached hydrogen (secondary N) is 1. The molecule has 1 heterocycles. The highest BCUT2D eigenvalue weighted by molar-refractivity contribution is 5.70. The van der Waals surface area contributed by atoms with Crippen molar-refractivity contribution in [3.05, 3.63) is 0 Å². The smallest absolute Gasteiger partial charge is 0.307 e. The summed E-state index contributed by atoms with van der Waals surface area (Å²) in [6.07, 6.45) is -0.114. The molecule has 1 unspecified atom stereocenters. The number of hydrogen-bond donors (Lipinski definition) is 3. The maximum atomic E-state index is 10.3. The number of carboxylic acids is 1. The van der Waals surface area contributed by atoms with Gasteiger partial charge in [0, 0.05) is 13.1 Å². The molecule has 4 heteroatoms. The quantitative estimate of drug-likeness (QED) is 0.444. The molecule has 0 aromatic carbocycles. The van der Waals surface area contributed by atoms with Gasteiger partial charge in [-0.05, 0) is 6.42 Å². The standard InChI is InChI=1S/C6H11NO3/c8-5-1-4(6(9)10)2-7-3-5/h4-5,7-8H,1-3H2,(H,9,10)/t4?,5-/m1/s1. The number of aliphatic hydroxyl groups excluding tert-OH is 1. The third kappa shape index (κ3) is 1.68. The number of piperidine rings is 1. The Labute approximate surface area is 58.9 Å². The summed E-state index contributed by atoms with van der Waals surface area (Å²) in [7, 11) is 0. The molecule has 0 saturated carbocycles. The van der Waals surface area contributed by atoms with E-state index in [1.54, 1.807) is 0 Å². The van der Waals surface area contributed by atoms with Crippen LogP contribution in [0.15, 0.2) is 0 Å². The first-order chi connectivity index (χ1) is 4.70. The van der Waals surface area contributed by atoms with Crippen LogP contribution in [0.25, 0.3) is 0 Å². The molecule has 0 amide bonds. The van der Waals surface area contributed by atoms with Gasteiger partial charge < -0.3 is 15.5 Å². The predicted molar refractivity (Wildman–Crippen MR) is 34.6 cm³/mol. The Morgan fingerprint density at radius 1 is 1.50 bits per heavy atom. The summed E-state index contributed by atoms with van der Waals surface area (Å²) in [5, 5.41) is 20.3. The molecule has 0 aromatic heterocycles. The van der Waals surface area contributed by atoms with Crippen LogP contribution in [0, 0.1) is 5.92 Å². The summed E-state index contributed by atoms with van der Waals surface area (Å²) in [4.78, 5) is 10.3. The van der Waals surface area contributed by atoms with E-state index < -0.39 is 18.0 Å². The van der Waals surface area contributed by atoms with E-state index in [0.717, 1.165) is 0 Å². The van der Waals surface area contributed by atoms with Crippen LogP contribution in [0.4, 0.5) is 0 Å². The van der Waals surface area contributed by atoms with Crippen LogP contribution in [0.3, 0.4) is 0 Å². The van der Waals surface area contributed by atoms with Crippen molar-refractivity contribution in [3.63, 3.8) is 0 Å². The highest BCUT2D eigenvalue weighted by atomic mass is 16.4. The monoisotopic (exact) mass is 145 g/mol. The summed E-state index contributed by atoms with van der Waals surface area (Å²) >= 11 is 0. The molecule has 2 atom stereocenters.